The Balaban J connectivity index is 2.12. The van der Waals surface area contributed by atoms with Gasteiger partial charge in [0.25, 0.3) is 0 Å². The van der Waals surface area contributed by atoms with E-state index in [-0.39, 0.29) is 6.67 Å². The van der Waals surface area contributed by atoms with Crippen molar-refractivity contribution in [1.82, 2.24) is 5.32 Å². The van der Waals surface area contributed by atoms with Crippen LogP contribution in [0, 0.1) is 0 Å². The Labute approximate surface area is 67.1 Å². The van der Waals surface area contributed by atoms with Crippen molar-refractivity contribution in [2.45, 2.75) is 31.9 Å². The lowest BCUT2D eigenvalue weighted by Crippen LogP contribution is -2.38. The van der Waals surface area contributed by atoms with E-state index in [0.29, 0.717) is 18.7 Å². The van der Waals surface area contributed by atoms with Crippen molar-refractivity contribution in [3.63, 3.8) is 0 Å². The van der Waals surface area contributed by atoms with E-state index in [1.807, 2.05) is 0 Å². The highest BCUT2D eigenvalue weighted by Gasteiger charge is 2.17. The first-order valence-electron chi connectivity index (χ1n) is 4.24. The average Bonchev–Trinajstić information content (AvgIpc) is 2.01. The first kappa shape index (κ1) is 8.94. The molecule has 0 aliphatic carbocycles. The van der Waals surface area contributed by atoms with Gasteiger partial charge in [0, 0.05) is 19.2 Å². The summed E-state index contributed by atoms with van der Waals surface area (Å²) in [5.41, 5.74) is 0. The molecule has 11 heavy (non-hydrogen) atoms. The summed E-state index contributed by atoms with van der Waals surface area (Å²) in [4.78, 5) is 0. The second-order valence-corrected chi connectivity index (χ2v) is 3.05. The molecule has 0 aromatic carbocycles. The molecule has 1 saturated heterocycles. The van der Waals surface area contributed by atoms with Crippen molar-refractivity contribution in [2.24, 2.45) is 0 Å². The zero-order valence-electron chi connectivity index (χ0n) is 6.98. The summed E-state index contributed by atoms with van der Waals surface area (Å²) in [5.74, 6) is 0. The van der Waals surface area contributed by atoms with Crippen molar-refractivity contribution in [3.8, 4) is 0 Å². The molecule has 2 unspecified atom stereocenters. The Kier molecular flexibility index (Phi) is 3.80. The van der Waals surface area contributed by atoms with E-state index in [2.05, 4.69) is 12.2 Å². The fourth-order valence-electron chi connectivity index (χ4n) is 1.44. The molecule has 0 saturated carbocycles. The van der Waals surface area contributed by atoms with Gasteiger partial charge in [-0.2, -0.15) is 0 Å². The molecular formula is C8H16FNO. The molecule has 0 aromatic rings. The largest absolute Gasteiger partial charge is 0.378 e. The van der Waals surface area contributed by atoms with Crippen LogP contribution in [0.5, 0.6) is 0 Å². The van der Waals surface area contributed by atoms with E-state index in [1.165, 1.54) is 0 Å². The van der Waals surface area contributed by atoms with Gasteiger partial charge < -0.3 is 10.1 Å². The van der Waals surface area contributed by atoms with Crippen LogP contribution < -0.4 is 5.32 Å². The smallest absolute Gasteiger partial charge is 0.102 e. The minimum absolute atomic E-state index is 0.272. The predicted octanol–water partition coefficient (Wildman–Crippen LogP) is 1.11. The highest BCUT2D eigenvalue weighted by Crippen LogP contribution is 2.12. The molecule has 2 nitrogen and oxygen atoms in total. The highest BCUT2D eigenvalue weighted by atomic mass is 19.1. The SMILES string of the molecule is CC1CC(NCCF)CCO1. The van der Waals surface area contributed by atoms with Crippen LogP contribution in [-0.2, 0) is 4.74 Å². The van der Waals surface area contributed by atoms with Crippen molar-refractivity contribution >= 4 is 0 Å². The second kappa shape index (κ2) is 4.67. The maximum Gasteiger partial charge on any atom is 0.102 e. The van der Waals surface area contributed by atoms with E-state index < -0.39 is 0 Å². The molecular weight excluding hydrogens is 145 g/mol. The van der Waals surface area contributed by atoms with Gasteiger partial charge in [0.1, 0.15) is 6.67 Å². The molecule has 1 fully saturated rings. The number of halogens is 1. The normalized spacial score (nSPS) is 32.2. The average molecular weight is 161 g/mol. The number of ether oxygens (including phenoxy) is 1. The van der Waals surface area contributed by atoms with E-state index in [0.717, 1.165) is 19.4 Å². The molecule has 2 atom stereocenters. The first-order valence-corrected chi connectivity index (χ1v) is 4.24. The van der Waals surface area contributed by atoms with Crippen LogP contribution in [0.1, 0.15) is 19.8 Å². The first-order chi connectivity index (χ1) is 5.33. The van der Waals surface area contributed by atoms with Crippen LogP contribution >= 0.6 is 0 Å². The number of rotatable bonds is 3. The van der Waals surface area contributed by atoms with Gasteiger partial charge in [0.2, 0.25) is 0 Å². The molecule has 0 bridgehead atoms. The molecule has 1 heterocycles. The maximum atomic E-state index is 11.8. The van der Waals surface area contributed by atoms with Gasteiger partial charge in [0.05, 0.1) is 6.10 Å². The molecule has 1 aliphatic heterocycles. The zero-order chi connectivity index (χ0) is 8.10. The van der Waals surface area contributed by atoms with Gasteiger partial charge in [-0.15, -0.1) is 0 Å². The van der Waals surface area contributed by atoms with E-state index in [9.17, 15) is 4.39 Å². The van der Waals surface area contributed by atoms with Gasteiger partial charge in [-0.05, 0) is 19.8 Å². The maximum absolute atomic E-state index is 11.8. The van der Waals surface area contributed by atoms with Crippen LogP contribution in [0.2, 0.25) is 0 Å². The number of hydrogen-bond donors (Lipinski definition) is 1. The van der Waals surface area contributed by atoms with E-state index >= 15 is 0 Å². The van der Waals surface area contributed by atoms with Gasteiger partial charge in [-0.3, -0.25) is 0 Å². The summed E-state index contributed by atoms with van der Waals surface area (Å²) in [5, 5.41) is 3.15. The van der Waals surface area contributed by atoms with Gasteiger partial charge in [0.15, 0.2) is 0 Å². The van der Waals surface area contributed by atoms with Crippen LogP contribution in [0.3, 0.4) is 0 Å². The van der Waals surface area contributed by atoms with E-state index in [1.54, 1.807) is 0 Å². The number of hydrogen-bond acceptors (Lipinski definition) is 2. The van der Waals surface area contributed by atoms with Crippen molar-refractivity contribution < 1.29 is 9.13 Å². The Morgan fingerprint density at radius 2 is 2.45 bits per heavy atom. The van der Waals surface area contributed by atoms with Crippen LogP contribution in [0.4, 0.5) is 4.39 Å². The quantitative estimate of drug-likeness (QED) is 0.669. The molecule has 1 N–H and O–H groups in total. The third kappa shape index (κ3) is 3.16. The van der Waals surface area contributed by atoms with Crippen molar-refractivity contribution in [3.05, 3.63) is 0 Å². The summed E-state index contributed by atoms with van der Waals surface area (Å²) >= 11 is 0. The standard InChI is InChI=1S/C8H16FNO/c1-7-6-8(2-5-11-7)10-4-3-9/h7-8,10H,2-6H2,1H3. The van der Waals surface area contributed by atoms with Crippen LogP contribution in [-0.4, -0.2) is 32.0 Å². The lowest BCUT2D eigenvalue weighted by atomic mass is 10.0. The second-order valence-electron chi connectivity index (χ2n) is 3.05. The minimum Gasteiger partial charge on any atom is -0.378 e. The third-order valence-corrected chi connectivity index (χ3v) is 2.01. The molecule has 0 spiro atoms. The van der Waals surface area contributed by atoms with Crippen molar-refractivity contribution in [2.75, 3.05) is 19.8 Å². The molecule has 1 rings (SSSR count). The van der Waals surface area contributed by atoms with Gasteiger partial charge >= 0.3 is 0 Å². The predicted molar refractivity (Wildman–Crippen MR) is 42.4 cm³/mol. The van der Waals surface area contributed by atoms with Crippen LogP contribution in [0.25, 0.3) is 0 Å². The Hall–Kier alpha value is -0.150. The van der Waals surface area contributed by atoms with Crippen molar-refractivity contribution in [1.29, 1.82) is 0 Å². The Bertz CT molecular complexity index is 110. The van der Waals surface area contributed by atoms with Gasteiger partial charge in [-0.1, -0.05) is 0 Å². The van der Waals surface area contributed by atoms with Crippen LogP contribution in [0.15, 0.2) is 0 Å². The molecule has 0 aromatic heterocycles. The molecule has 3 heteroatoms. The summed E-state index contributed by atoms with van der Waals surface area (Å²) < 4.78 is 17.1. The summed E-state index contributed by atoms with van der Waals surface area (Å²) in [6.45, 7) is 3.08. The topological polar surface area (TPSA) is 21.3 Å². The molecule has 66 valence electrons. The Morgan fingerprint density at radius 1 is 1.64 bits per heavy atom. The third-order valence-electron chi connectivity index (χ3n) is 2.01. The zero-order valence-corrected chi connectivity index (χ0v) is 6.98. The summed E-state index contributed by atoms with van der Waals surface area (Å²) in [6.07, 6.45) is 2.37. The monoisotopic (exact) mass is 161 g/mol. The molecule has 1 aliphatic rings. The minimum atomic E-state index is -0.272. The highest BCUT2D eigenvalue weighted by molar-refractivity contribution is 4.73. The van der Waals surface area contributed by atoms with Gasteiger partial charge in [-0.25, -0.2) is 4.39 Å². The molecule has 0 amide bonds. The fraction of sp³-hybridized carbons (Fsp3) is 1.00. The lowest BCUT2D eigenvalue weighted by Gasteiger charge is -2.27. The molecule has 0 radical (unpaired) electrons. The number of alkyl halides is 1. The fourth-order valence-corrected chi connectivity index (χ4v) is 1.44. The Morgan fingerprint density at radius 3 is 3.09 bits per heavy atom. The van der Waals surface area contributed by atoms with E-state index in [4.69, 9.17) is 4.74 Å². The summed E-state index contributed by atoms with van der Waals surface area (Å²) in [6, 6.07) is 0.467. The lowest BCUT2D eigenvalue weighted by molar-refractivity contribution is 0.0132. The number of nitrogens with one attached hydrogen (secondary N) is 1. The summed E-state index contributed by atoms with van der Waals surface area (Å²) in [7, 11) is 0.